The van der Waals surface area contributed by atoms with Crippen LogP contribution >= 0.6 is 0 Å². The number of fused-ring (bicyclic) bond motifs is 1. The molecule has 0 amide bonds. The average Bonchev–Trinajstić information content (AvgIpc) is 2.78. The number of nitrogens with zero attached hydrogens (tertiary/aromatic N) is 1. The number of carbonyl (C=O) groups excluding carboxylic acids is 1. The highest BCUT2D eigenvalue weighted by Crippen LogP contribution is 2.22. The summed E-state index contributed by atoms with van der Waals surface area (Å²) < 4.78 is 6.56. The van der Waals surface area contributed by atoms with Crippen LogP contribution in [0.3, 0.4) is 0 Å². The molecule has 94 valence electrons. The Kier molecular flexibility index (Phi) is 3.32. The van der Waals surface area contributed by atoms with Crippen molar-refractivity contribution in [2.24, 2.45) is 0 Å². The largest absolute Gasteiger partial charge is 0.497 e. The molecule has 0 unspecified atom stereocenters. The van der Waals surface area contributed by atoms with E-state index < -0.39 is 5.97 Å². The number of carboxylic acid groups (broad SMARTS) is 1. The van der Waals surface area contributed by atoms with Crippen molar-refractivity contribution in [1.29, 1.82) is 0 Å². The summed E-state index contributed by atoms with van der Waals surface area (Å²) in [6.07, 6.45) is 1.47. The third kappa shape index (κ3) is 2.34. The van der Waals surface area contributed by atoms with Crippen molar-refractivity contribution in [2.45, 2.75) is 12.8 Å². The third-order valence-corrected chi connectivity index (χ3v) is 2.72. The van der Waals surface area contributed by atoms with Gasteiger partial charge in [-0.3, -0.25) is 14.2 Å². The van der Waals surface area contributed by atoms with Crippen molar-refractivity contribution in [3.63, 3.8) is 0 Å². The lowest BCUT2D eigenvalue weighted by Crippen LogP contribution is -2.11. The maximum absolute atomic E-state index is 11.9. The van der Waals surface area contributed by atoms with Gasteiger partial charge in [0, 0.05) is 24.1 Å². The van der Waals surface area contributed by atoms with Crippen LogP contribution in [-0.4, -0.2) is 28.7 Å². The molecular weight excluding hydrogens is 234 g/mol. The number of hydrogen-bond donors (Lipinski definition) is 1. The fraction of sp³-hybridized carbons (Fsp3) is 0.231. The average molecular weight is 247 g/mol. The van der Waals surface area contributed by atoms with Crippen molar-refractivity contribution in [3.8, 4) is 5.75 Å². The van der Waals surface area contributed by atoms with E-state index in [9.17, 15) is 9.59 Å². The van der Waals surface area contributed by atoms with E-state index in [1.54, 1.807) is 19.4 Å². The van der Waals surface area contributed by atoms with Gasteiger partial charge in [0.15, 0.2) is 0 Å². The second-order valence-electron chi connectivity index (χ2n) is 3.90. The number of aromatic nitrogens is 1. The Hall–Kier alpha value is -2.30. The molecule has 2 aromatic rings. The summed E-state index contributed by atoms with van der Waals surface area (Å²) in [4.78, 5) is 22.3. The Morgan fingerprint density at radius 2 is 2.06 bits per heavy atom. The standard InChI is InChI=1S/C13H13NO4/c1-18-10-3-2-9-6-7-14(11(9)8-10)12(15)4-5-13(16)17/h2-3,6-8H,4-5H2,1H3,(H,16,17). The first-order valence-corrected chi connectivity index (χ1v) is 5.52. The zero-order valence-corrected chi connectivity index (χ0v) is 9.92. The predicted molar refractivity (Wildman–Crippen MR) is 66.0 cm³/mol. The SMILES string of the molecule is COc1ccc2ccn(C(=O)CCC(=O)O)c2c1. The van der Waals surface area contributed by atoms with E-state index in [4.69, 9.17) is 9.84 Å². The molecule has 0 atom stereocenters. The molecule has 0 aliphatic heterocycles. The Morgan fingerprint density at radius 3 is 2.72 bits per heavy atom. The summed E-state index contributed by atoms with van der Waals surface area (Å²) in [7, 11) is 1.56. The smallest absolute Gasteiger partial charge is 0.303 e. The number of aliphatic carboxylic acids is 1. The molecule has 0 aliphatic carbocycles. The van der Waals surface area contributed by atoms with Crippen LogP contribution in [0.1, 0.15) is 17.6 Å². The number of benzene rings is 1. The second-order valence-corrected chi connectivity index (χ2v) is 3.90. The molecule has 5 heteroatoms. The highest BCUT2D eigenvalue weighted by Gasteiger charge is 2.11. The van der Waals surface area contributed by atoms with Gasteiger partial charge in [-0.15, -0.1) is 0 Å². The molecule has 2 rings (SSSR count). The summed E-state index contributed by atoms with van der Waals surface area (Å²) in [5.74, 6) is -0.550. The molecule has 1 aromatic heterocycles. The Labute approximate surface area is 104 Å². The van der Waals surface area contributed by atoms with Crippen molar-refractivity contribution in [1.82, 2.24) is 4.57 Å². The van der Waals surface area contributed by atoms with E-state index in [-0.39, 0.29) is 18.7 Å². The van der Waals surface area contributed by atoms with Gasteiger partial charge in [0.25, 0.3) is 0 Å². The summed E-state index contributed by atoms with van der Waals surface area (Å²) in [6, 6.07) is 7.24. The van der Waals surface area contributed by atoms with Crippen LogP contribution in [0.5, 0.6) is 5.75 Å². The van der Waals surface area contributed by atoms with E-state index in [2.05, 4.69) is 0 Å². The molecule has 1 aromatic carbocycles. The lowest BCUT2D eigenvalue weighted by atomic mass is 10.2. The van der Waals surface area contributed by atoms with Gasteiger partial charge < -0.3 is 9.84 Å². The van der Waals surface area contributed by atoms with E-state index in [0.29, 0.717) is 5.75 Å². The Bertz CT molecular complexity index is 600. The molecule has 5 nitrogen and oxygen atoms in total. The topological polar surface area (TPSA) is 68.5 Å². The summed E-state index contributed by atoms with van der Waals surface area (Å²) in [6.45, 7) is 0. The van der Waals surface area contributed by atoms with E-state index >= 15 is 0 Å². The van der Waals surface area contributed by atoms with Gasteiger partial charge in [-0.2, -0.15) is 0 Å². The molecule has 0 aliphatic rings. The van der Waals surface area contributed by atoms with Crippen LogP contribution in [0, 0.1) is 0 Å². The molecule has 0 saturated carbocycles. The van der Waals surface area contributed by atoms with Gasteiger partial charge in [0.05, 0.1) is 19.0 Å². The molecule has 0 radical (unpaired) electrons. The van der Waals surface area contributed by atoms with Crippen molar-refractivity contribution < 1.29 is 19.4 Å². The van der Waals surface area contributed by atoms with Crippen molar-refractivity contribution >= 4 is 22.8 Å². The van der Waals surface area contributed by atoms with Gasteiger partial charge in [-0.05, 0) is 18.2 Å². The van der Waals surface area contributed by atoms with Crippen LogP contribution in [0.2, 0.25) is 0 Å². The zero-order chi connectivity index (χ0) is 13.1. The number of rotatable bonds is 4. The molecule has 0 bridgehead atoms. The Balaban J connectivity index is 2.32. The molecule has 0 spiro atoms. The minimum Gasteiger partial charge on any atom is -0.497 e. The van der Waals surface area contributed by atoms with Gasteiger partial charge in [-0.25, -0.2) is 0 Å². The van der Waals surface area contributed by atoms with Gasteiger partial charge in [-0.1, -0.05) is 0 Å². The lowest BCUT2D eigenvalue weighted by Gasteiger charge is -2.04. The Morgan fingerprint density at radius 1 is 1.28 bits per heavy atom. The highest BCUT2D eigenvalue weighted by molar-refractivity contribution is 5.94. The first kappa shape index (κ1) is 12.2. The molecule has 0 saturated heterocycles. The number of carbonyl (C=O) groups is 2. The van der Waals surface area contributed by atoms with Gasteiger partial charge in [0.1, 0.15) is 5.75 Å². The normalized spacial score (nSPS) is 10.5. The zero-order valence-electron chi connectivity index (χ0n) is 9.92. The maximum atomic E-state index is 11.9. The second kappa shape index (κ2) is 4.91. The van der Waals surface area contributed by atoms with E-state index in [1.165, 1.54) is 4.57 Å². The molecular formula is C13H13NO4. The number of methoxy groups -OCH3 is 1. The quantitative estimate of drug-likeness (QED) is 0.898. The van der Waals surface area contributed by atoms with Crippen LogP contribution in [0.25, 0.3) is 10.9 Å². The van der Waals surface area contributed by atoms with Gasteiger partial charge >= 0.3 is 5.97 Å². The van der Waals surface area contributed by atoms with E-state index in [1.807, 2.05) is 18.2 Å². The number of hydrogen-bond acceptors (Lipinski definition) is 3. The summed E-state index contributed by atoms with van der Waals surface area (Å²) in [5.41, 5.74) is 0.727. The van der Waals surface area contributed by atoms with Gasteiger partial charge in [0.2, 0.25) is 5.91 Å². The van der Waals surface area contributed by atoms with Crippen LogP contribution in [0.4, 0.5) is 0 Å². The van der Waals surface area contributed by atoms with Crippen LogP contribution < -0.4 is 4.74 Å². The van der Waals surface area contributed by atoms with Crippen molar-refractivity contribution in [2.75, 3.05) is 7.11 Å². The number of carboxylic acids is 1. The first-order chi connectivity index (χ1) is 8.61. The minimum atomic E-state index is -0.975. The van der Waals surface area contributed by atoms with Crippen LogP contribution in [-0.2, 0) is 4.79 Å². The molecule has 1 N–H and O–H groups in total. The van der Waals surface area contributed by atoms with Crippen LogP contribution in [0.15, 0.2) is 30.5 Å². The molecule has 0 fully saturated rings. The highest BCUT2D eigenvalue weighted by atomic mass is 16.5. The monoisotopic (exact) mass is 247 g/mol. The summed E-state index contributed by atoms with van der Waals surface area (Å²) in [5, 5.41) is 9.49. The minimum absolute atomic E-state index is 0.0175. The number of ether oxygens (including phenoxy) is 1. The fourth-order valence-corrected chi connectivity index (χ4v) is 1.79. The third-order valence-electron chi connectivity index (χ3n) is 2.72. The van der Waals surface area contributed by atoms with Crippen molar-refractivity contribution in [3.05, 3.63) is 30.5 Å². The predicted octanol–water partition coefficient (Wildman–Crippen LogP) is 2.15. The lowest BCUT2D eigenvalue weighted by molar-refractivity contribution is -0.136. The molecule has 1 heterocycles. The first-order valence-electron chi connectivity index (χ1n) is 5.52. The van der Waals surface area contributed by atoms with E-state index in [0.717, 1.165) is 10.9 Å². The summed E-state index contributed by atoms with van der Waals surface area (Å²) >= 11 is 0. The fourth-order valence-electron chi connectivity index (χ4n) is 1.79. The molecule has 18 heavy (non-hydrogen) atoms. The maximum Gasteiger partial charge on any atom is 0.303 e.